The van der Waals surface area contributed by atoms with Crippen LogP contribution in [0.1, 0.15) is 13.3 Å². The second-order valence-corrected chi connectivity index (χ2v) is 1.53. The minimum Gasteiger partial charge on any atom is -0.461 e. The summed E-state index contributed by atoms with van der Waals surface area (Å²) >= 11 is 0. The third-order valence-electron chi connectivity index (χ3n) is 0.668. The first-order chi connectivity index (χ1) is 4.41. The molecule has 52 valence electrons. The third kappa shape index (κ3) is 7.14. The van der Waals surface area contributed by atoms with E-state index in [0.717, 1.165) is 13.0 Å². The highest BCUT2D eigenvalue weighted by molar-refractivity contribution is 5.46. The van der Waals surface area contributed by atoms with E-state index in [-0.39, 0.29) is 0 Å². The van der Waals surface area contributed by atoms with E-state index in [4.69, 9.17) is 4.74 Å². The third-order valence-corrected chi connectivity index (χ3v) is 0.668. The quantitative estimate of drug-likeness (QED) is 0.310. The first-order valence-corrected chi connectivity index (χ1v) is 2.94. The first-order valence-electron chi connectivity index (χ1n) is 2.94. The average molecular weight is 128 g/mol. The number of ether oxygens (including phenoxy) is 1. The Bertz CT molecular complexity index is 91.1. The van der Waals surface area contributed by atoms with Gasteiger partial charge in [0.1, 0.15) is 0 Å². The summed E-state index contributed by atoms with van der Waals surface area (Å²) in [6, 6.07) is 0. The van der Waals surface area contributed by atoms with Crippen LogP contribution in [0.5, 0.6) is 0 Å². The van der Waals surface area contributed by atoms with Gasteiger partial charge >= 0.3 is 0 Å². The highest BCUT2D eigenvalue weighted by Gasteiger charge is 1.72. The molecule has 3 heteroatoms. The van der Waals surface area contributed by atoms with Gasteiger partial charge in [0, 0.05) is 6.54 Å². The molecular weight excluding hydrogens is 116 g/mol. The van der Waals surface area contributed by atoms with E-state index in [0.29, 0.717) is 6.73 Å². The topological polar surface area (TPSA) is 34.0 Å². The van der Waals surface area contributed by atoms with E-state index in [9.17, 15) is 0 Å². The van der Waals surface area contributed by atoms with Gasteiger partial charge in [-0.25, -0.2) is 0 Å². The predicted molar refractivity (Wildman–Crippen MR) is 39.2 cm³/mol. The molecule has 0 aliphatic carbocycles. The van der Waals surface area contributed by atoms with Crippen molar-refractivity contribution in [2.24, 2.45) is 9.98 Å². The second-order valence-electron chi connectivity index (χ2n) is 1.53. The van der Waals surface area contributed by atoms with Crippen molar-refractivity contribution in [3.63, 3.8) is 0 Å². The van der Waals surface area contributed by atoms with Crippen molar-refractivity contribution in [3.05, 3.63) is 0 Å². The standard InChI is InChI=1S/C6H12N2O/c1-3-4-8-6-9-5-7-2/h6H,2-5H2,1H3/b8-6+. The van der Waals surface area contributed by atoms with Crippen LogP contribution in [0.15, 0.2) is 9.98 Å². The lowest BCUT2D eigenvalue weighted by Gasteiger charge is -1.90. The minimum atomic E-state index is 0.299. The second kappa shape index (κ2) is 7.14. The van der Waals surface area contributed by atoms with Gasteiger partial charge in [-0.3, -0.25) is 9.98 Å². The molecule has 0 rings (SSSR count). The van der Waals surface area contributed by atoms with Crippen LogP contribution in [-0.2, 0) is 4.74 Å². The van der Waals surface area contributed by atoms with Gasteiger partial charge in [0.05, 0.1) is 0 Å². The van der Waals surface area contributed by atoms with E-state index in [1.165, 1.54) is 6.40 Å². The molecule has 0 saturated carbocycles. The number of aliphatic imine (C=N–C) groups is 2. The van der Waals surface area contributed by atoms with Gasteiger partial charge in [0.2, 0.25) is 0 Å². The van der Waals surface area contributed by atoms with Crippen molar-refractivity contribution in [2.45, 2.75) is 13.3 Å². The molecule has 0 fully saturated rings. The van der Waals surface area contributed by atoms with E-state index >= 15 is 0 Å². The summed E-state index contributed by atoms with van der Waals surface area (Å²) in [5.41, 5.74) is 0. The maximum atomic E-state index is 4.76. The normalized spacial score (nSPS) is 9.89. The predicted octanol–water partition coefficient (Wildman–Crippen LogP) is 1.10. The number of hydrogen-bond acceptors (Lipinski definition) is 3. The number of nitrogens with zero attached hydrogens (tertiary/aromatic N) is 2. The Balaban J connectivity index is 2.94. The highest BCUT2D eigenvalue weighted by atomic mass is 16.5. The number of rotatable bonds is 5. The van der Waals surface area contributed by atoms with Crippen molar-refractivity contribution in [1.29, 1.82) is 0 Å². The molecule has 3 nitrogen and oxygen atoms in total. The van der Waals surface area contributed by atoms with Crippen molar-refractivity contribution >= 4 is 13.1 Å². The van der Waals surface area contributed by atoms with Crippen LogP contribution in [0.4, 0.5) is 0 Å². The Morgan fingerprint density at radius 2 is 2.44 bits per heavy atom. The molecule has 0 aromatic rings. The van der Waals surface area contributed by atoms with E-state index < -0.39 is 0 Å². The molecule has 0 aromatic heterocycles. The van der Waals surface area contributed by atoms with Crippen molar-refractivity contribution < 1.29 is 4.74 Å². The monoisotopic (exact) mass is 128 g/mol. The van der Waals surface area contributed by atoms with Gasteiger partial charge < -0.3 is 4.74 Å². The molecule has 0 amide bonds. The Labute approximate surface area is 55.5 Å². The zero-order valence-electron chi connectivity index (χ0n) is 5.71. The largest absolute Gasteiger partial charge is 0.461 e. The highest BCUT2D eigenvalue weighted by Crippen LogP contribution is 1.75. The zero-order chi connectivity index (χ0) is 6.95. The van der Waals surface area contributed by atoms with Gasteiger partial charge in [-0.05, 0) is 13.1 Å². The van der Waals surface area contributed by atoms with Crippen LogP contribution in [0.2, 0.25) is 0 Å². The zero-order valence-corrected chi connectivity index (χ0v) is 5.71. The molecule has 0 N–H and O–H groups in total. The van der Waals surface area contributed by atoms with Crippen LogP contribution in [0.3, 0.4) is 0 Å². The van der Waals surface area contributed by atoms with Crippen LogP contribution in [0, 0.1) is 0 Å². The lowest BCUT2D eigenvalue weighted by molar-refractivity contribution is 0.334. The molecule has 0 spiro atoms. The van der Waals surface area contributed by atoms with Crippen LogP contribution in [0.25, 0.3) is 0 Å². The van der Waals surface area contributed by atoms with E-state index in [1.807, 2.05) is 0 Å². The van der Waals surface area contributed by atoms with Gasteiger partial charge in [-0.15, -0.1) is 0 Å². The van der Waals surface area contributed by atoms with Gasteiger partial charge in [-0.2, -0.15) is 0 Å². The Kier molecular flexibility index (Phi) is 6.46. The number of hydrogen-bond donors (Lipinski definition) is 0. The molecule has 0 unspecified atom stereocenters. The maximum absolute atomic E-state index is 4.76. The van der Waals surface area contributed by atoms with Crippen LogP contribution >= 0.6 is 0 Å². The Hall–Kier alpha value is -0.860. The Morgan fingerprint density at radius 3 is 3.00 bits per heavy atom. The van der Waals surface area contributed by atoms with Crippen LogP contribution in [-0.4, -0.2) is 26.4 Å². The minimum absolute atomic E-state index is 0.299. The summed E-state index contributed by atoms with van der Waals surface area (Å²) in [5.74, 6) is 0. The smallest absolute Gasteiger partial charge is 0.179 e. The molecule has 0 aromatic carbocycles. The molecule has 0 aliphatic heterocycles. The van der Waals surface area contributed by atoms with Crippen LogP contribution < -0.4 is 0 Å². The van der Waals surface area contributed by atoms with E-state index in [1.54, 1.807) is 0 Å². The molecule has 0 atom stereocenters. The molecule has 0 radical (unpaired) electrons. The molecule has 0 heterocycles. The summed E-state index contributed by atoms with van der Waals surface area (Å²) in [6.07, 6.45) is 2.46. The summed E-state index contributed by atoms with van der Waals surface area (Å²) in [7, 11) is 0. The molecule has 0 bridgehead atoms. The lowest BCUT2D eigenvalue weighted by atomic mass is 10.5. The summed E-state index contributed by atoms with van der Waals surface area (Å²) in [5, 5.41) is 0. The van der Waals surface area contributed by atoms with Crippen molar-refractivity contribution in [2.75, 3.05) is 13.3 Å². The average Bonchev–Trinajstić information content (AvgIpc) is 1.89. The molecule has 0 aliphatic rings. The SMILES string of the molecule is C=NCO/C=N/CCC. The summed E-state index contributed by atoms with van der Waals surface area (Å²) in [6.45, 7) is 6.42. The fraction of sp³-hybridized carbons (Fsp3) is 0.667. The Morgan fingerprint density at radius 1 is 1.67 bits per heavy atom. The first kappa shape index (κ1) is 8.14. The summed E-state index contributed by atoms with van der Waals surface area (Å²) in [4.78, 5) is 7.36. The molecular formula is C6H12N2O. The summed E-state index contributed by atoms with van der Waals surface area (Å²) < 4.78 is 4.76. The van der Waals surface area contributed by atoms with Crippen molar-refractivity contribution in [3.8, 4) is 0 Å². The fourth-order valence-corrected chi connectivity index (χ4v) is 0.321. The van der Waals surface area contributed by atoms with E-state index in [2.05, 4.69) is 23.6 Å². The fourth-order valence-electron chi connectivity index (χ4n) is 0.321. The lowest BCUT2D eigenvalue weighted by Crippen LogP contribution is -1.87. The molecule has 0 saturated heterocycles. The van der Waals surface area contributed by atoms with Gasteiger partial charge in [0.15, 0.2) is 13.1 Å². The van der Waals surface area contributed by atoms with Gasteiger partial charge in [-0.1, -0.05) is 6.92 Å². The molecule has 9 heavy (non-hydrogen) atoms. The van der Waals surface area contributed by atoms with Crippen molar-refractivity contribution in [1.82, 2.24) is 0 Å². The van der Waals surface area contributed by atoms with Gasteiger partial charge in [0.25, 0.3) is 0 Å². The maximum Gasteiger partial charge on any atom is 0.179 e.